The normalized spacial score (nSPS) is 14.3. The summed E-state index contributed by atoms with van der Waals surface area (Å²) in [5, 5.41) is 9.11. The van der Waals surface area contributed by atoms with Crippen molar-refractivity contribution < 1.29 is 0 Å². The fourth-order valence-corrected chi connectivity index (χ4v) is 4.44. The van der Waals surface area contributed by atoms with Crippen LogP contribution in [0.2, 0.25) is 0 Å². The van der Waals surface area contributed by atoms with Crippen LogP contribution in [-0.2, 0) is 13.0 Å². The van der Waals surface area contributed by atoms with Gasteiger partial charge >= 0.3 is 0 Å². The largest absolute Gasteiger partial charge is 0.339 e. The molecule has 0 saturated carbocycles. The van der Waals surface area contributed by atoms with Gasteiger partial charge in [-0.2, -0.15) is 0 Å². The molecule has 0 atom stereocenters. The molecule has 25 heavy (non-hydrogen) atoms. The summed E-state index contributed by atoms with van der Waals surface area (Å²) in [6.45, 7) is 1.74. The molecule has 1 aromatic heterocycles. The predicted molar refractivity (Wildman–Crippen MR) is 103 cm³/mol. The number of anilines is 2. The van der Waals surface area contributed by atoms with Crippen molar-refractivity contribution in [1.29, 1.82) is 0 Å². The van der Waals surface area contributed by atoms with Crippen molar-refractivity contribution in [3.63, 3.8) is 0 Å². The van der Waals surface area contributed by atoms with Crippen LogP contribution in [0.3, 0.4) is 0 Å². The molecule has 0 bridgehead atoms. The highest BCUT2D eigenvalue weighted by atomic mass is 79.9. The molecule has 5 rings (SSSR count). The van der Waals surface area contributed by atoms with Crippen LogP contribution < -0.4 is 4.90 Å². The van der Waals surface area contributed by atoms with Gasteiger partial charge in [-0.25, -0.2) is 0 Å². The Balaban J connectivity index is 1.88. The average Bonchev–Trinajstić information content (AvgIpc) is 3.15. The van der Waals surface area contributed by atoms with Crippen molar-refractivity contribution in [2.45, 2.75) is 13.0 Å². The number of hydrogen-bond donors (Lipinski definition) is 0. The Morgan fingerprint density at radius 2 is 1.92 bits per heavy atom. The van der Waals surface area contributed by atoms with E-state index in [4.69, 9.17) is 0 Å². The molecule has 2 aliphatic rings. The van der Waals surface area contributed by atoms with Crippen LogP contribution in [0.1, 0.15) is 11.4 Å². The Hall–Kier alpha value is -2.18. The van der Waals surface area contributed by atoms with Crippen molar-refractivity contribution in [3.8, 4) is 17.1 Å². The van der Waals surface area contributed by atoms with E-state index in [9.17, 15) is 0 Å². The number of aromatic nitrogens is 3. The molecule has 0 spiro atoms. The second-order valence-corrected chi connectivity index (χ2v) is 7.78. The lowest BCUT2D eigenvalue weighted by Crippen LogP contribution is -2.17. The smallest absolute Gasteiger partial charge is 0.170 e. The van der Waals surface area contributed by atoms with Gasteiger partial charge in [-0.15, -0.1) is 10.2 Å². The molecule has 6 heteroatoms. The third-order valence-electron chi connectivity index (χ3n) is 4.87. The standard InChI is InChI=1S/C19H18BrN5/c1-23(2)11-17-21-22-19-14-10-13(20)9-12-7-8-24(18(12)14)15-5-3-4-6-16(15)25(17)19/h3-6,9-10H,7-8,11H2,1-2H3. The molecular formula is C19H18BrN5. The molecule has 0 fully saturated rings. The van der Waals surface area contributed by atoms with Gasteiger partial charge in [-0.3, -0.25) is 4.57 Å². The monoisotopic (exact) mass is 395 g/mol. The van der Waals surface area contributed by atoms with Gasteiger partial charge in [0.25, 0.3) is 0 Å². The van der Waals surface area contributed by atoms with Crippen LogP contribution in [-0.4, -0.2) is 40.3 Å². The number of rotatable bonds is 2. The molecule has 2 aromatic carbocycles. The first kappa shape index (κ1) is 15.1. The zero-order valence-electron chi connectivity index (χ0n) is 14.2. The molecule has 0 amide bonds. The second kappa shape index (κ2) is 5.41. The Bertz CT molecular complexity index is 991. The Kier molecular flexibility index (Phi) is 3.27. The summed E-state index contributed by atoms with van der Waals surface area (Å²) in [4.78, 5) is 4.56. The summed E-state index contributed by atoms with van der Waals surface area (Å²) in [5.41, 5.74) is 6.17. The molecule has 2 aliphatic heterocycles. The minimum Gasteiger partial charge on any atom is -0.339 e. The number of benzene rings is 2. The van der Waals surface area contributed by atoms with Crippen LogP contribution in [0.25, 0.3) is 17.1 Å². The van der Waals surface area contributed by atoms with Gasteiger partial charge < -0.3 is 9.80 Å². The lowest BCUT2D eigenvalue weighted by Gasteiger charge is -2.22. The highest BCUT2D eigenvalue weighted by molar-refractivity contribution is 9.10. The number of nitrogens with zero attached hydrogens (tertiary/aromatic N) is 5. The van der Waals surface area contributed by atoms with Crippen LogP contribution in [0, 0.1) is 0 Å². The summed E-state index contributed by atoms with van der Waals surface area (Å²) in [6.07, 6.45) is 1.05. The highest BCUT2D eigenvalue weighted by Crippen LogP contribution is 2.48. The molecular weight excluding hydrogens is 378 g/mol. The van der Waals surface area contributed by atoms with E-state index >= 15 is 0 Å². The molecule has 0 radical (unpaired) electrons. The maximum absolute atomic E-state index is 4.59. The van der Waals surface area contributed by atoms with E-state index in [0.717, 1.165) is 46.9 Å². The summed E-state index contributed by atoms with van der Waals surface area (Å²) in [6, 6.07) is 13.0. The average molecular weight is 396 g/mol. The molecule has 0 aliphatic carbocycles. The van der Waals surface area contributed by atoms with Crippen molar-refractivity contribution in [1.82, 2.24) is 19.7 Å². The summed E-state index contributed by atoms with van der Waals surface area (Å²) in [5.74, 6) is 1.88. The Morgan fingerprint density at radius 1 is 1.12 bits per heavy atom. The van der Waals surface area contributed by atoms with Crippen LogP contribution in [0.5, 0.6) is 0 Å². The van der Waals surface area contributed by atoms with Gasteiger partial charge in [0.15, 0.2) is 11.6 Å². The van der Waals surface area contributed by atoms with E-state index in [-0.39, 0.29) is 0 Å². The molecule has 0 saturated heterocycles. The minimum absolute atomic E-state index is 0.748. The topological polar surface area (TPSA) is 37.2 Å². The van der Waals surface area contributed by atoms with Crippen LogP contribution in [0.15, 0.2) is 40.9 Å². The summed E-state index contributed by atoms with van der Waals surface area (Å²) >= 11 is 3.68. The predicted octanol–water partition coefficient (Wildman–Crippen LogP) is 3.77. The lowest BCUT2D eigenvalue weighted by molar-refractivity contribution is 0.387. The molecule has 126 valence electrons. The molecule has 3 heterocycles. The van der Waals surface area contributed by atoms with Gasteiger partial charge in [0.05, 0.1) is 23.6 Å². The number of halogens is 1. The molecule has 0 N–H and O–H groups in total. The first-order valence-electron chi connectivity index (χ1n) is 8.42. The third kappa shape index (κ3) is 2.17. The first-order valence-corrected chi connectivity index (χ1v) is 9.21. The van der Waals surface area contributed by atoms with E-state index in [1.807, 2.05) is 0 Å². The highest BCUT2D eigenvalue weighted by Gasteiger charge is 2.33. The molecule has 3 aromatic rings. The van der Waals surface area contributed by atoms with E-state index in [0.29, 0.717) is 0 Å². The third-order valence-corrected chi connectivity index (χ3v) is 5.33. The number of hydrogen-bond acceptors (Lipinski definition) is 4. The first-order chi connectivity index (χ1) is 12.1. The summed E-state index contributed by atoms with van der Waals surface area (Å²) in [7, 11) is 4.12. The fraction of sp³-hybridized carbons (Fsp3) is 0.263. The number of fused-ring (bicyclic) bond motifs is 5. The van der Waals surface area contributed by atoms with Gasteiger partial charge in [0.2, 0.25) is 0 Å². The van der Waals surface area contributed by atoms with E-state index < -0.39 is 0 Å². The van der Waals surface area contributed by atoms with Crippen LogP contribution >= 0.6 is 15.9 Å². The SMILES string of the molecule is CN(C)Cc1nnc2n1-c1ccccc1N1CCc3cc(Br)cc-2c31. The van der Waals surface area contributed by atoms with E-state index in [1.165, 1.54) is 16.9 Å². The minimum atomic E-state index is 0.748. The van der Waals surface area contributed by atoms with E-state index in [2.05, 4.69) is 91.0 Å². The maximum atomic E-state index is 4.59. The summed E-state index contributed by atoms with van der Waals surface area (Å²) < 4.78 is 3.31. The fourth-order valence-electron chi connectivity index (χ4n) is 3.93. The van der Waals surface area contributed by atoms with Crippen molar-refractivity contribution in [3.05, 3.63) is 52.3 Å². The van der Waals surface area contributed by atoms with Gasteiger partial charge in [-0.05, 0) is 50.3 Å². The zero-order valence-corrected chi connectivity index (χ0v) is 15.8. The number of para-hydroxylation sites is 2. The second-order valence-electron chi connectivity index (χ2n) is 6.86. The van der Waals surface area contributed by atoms with Gasteiger partial charge in [0, 0.05) is 16.6 Å². The van der Waals surface area contributed by atoms with Crippen molar-refractivity contribution in [2.75, 3.05) is 25.5 Å². The maximum Gasteiger partial charge on any atom is 0.170 e. The van der Waals surface area contributed by atoms with Gasteiger partial charge in [0.1, 0.15) is 0 Å². The quantitative estimate of drug-likeness (QED) is 0.661. The Labute approximate surface area is 155 Å². The molecule has 5 nitrogen and oxygen atoms in total. The Morgan fingerprint density at radius 3 is 2.72 bits per heavy atom. The van der Waals surface area contributed by atoms with Crippen LogP contribution in [0.4, 0.5) is 11.4 Å². The zero-order chi connectivity index (χ0) is 17.1. The van der Waals surface area contributed by atoms with Crippen molar-refractivity contribution >= 4 is 27.3 Å². The lowest BCUT2D eigenvalue weighted by atomic mass is 10.1. The molecule has 0 unspecified atom stereocenters. The van der Waals surface area contributed by atoms with Gasteiger partial charge in [-0.1, -0.05) is 28.1 Å². The van der Waals surface area contributed by atoms with Crippen molar-refractivity contribution in [2.24, 2.45) is 0 Å². The van der Waals surface area contributed by atoms with E-state index in [1.54, 1.807) is 0 Å².